The lowest BCUT2D eigenvalue weighted by Gasteiger charge is -2.31. The van der Waals surface area contributed by atoms with Gasteiger partial charge in [-0.2, -0.15) is 4.98 Å². The predicted octanol–water partition coefficient (Wildman–Crippen LogP) is 3.52. The van der Waals surface area contributed by atoms with Gasteiger partial charge in [0.05, 0.1) is 0 Å². The minimum atomic E-state index is -0.341. The van der Waals surface area contributed by atoms with Gasteiger partial charge in [-0.15, -0.1) is 0 Å². The molecule has 1 amide bonds. The molecule has 1 saturated carbocycles. The minimum absolute atomic E-state index is 0.0366. The second-order valence-electron chi connectivity index (χ2n) is 6.71. The van der Waals surface area contributed by atoms with E-state index in [-0.39, 0.29) is 17.6 Å². The van der Waals surface area contributed by atoms with Crippen molar-refractivity contribution < 1.29 is 13.7 Å². The molecule has 0 N–H and O–H groups in total. The molecule has 0 bridgehead atoms. The first kappa shape index (κ1) is 15.3. The number of aromatic nitrogens is 2. The third kappa shape index (κ3) is 2.92. The number of benzene rings is 1. The third-order valence-electron chi connectivity index (χ3n) is 5.05. The number of amides is 1. The molecule has 0 spiro atoms. The van der Waals surface area contributed by atoms with Crippen molar-refractivity contribution in [2.24, 2.45) is 0 Å². The summed E-state index contributed by atoms with van der Waals surface area (Å²) in [6, 6.07) is 6.45. The van der Waals surface area contributed by atoms with Crippen LogP contribution in [0.4, 0.5) is 4.39 Å². The Hall–Kier alpha value is -2.24. The summed E-state index contributed by atoms with van der Waals surface area (Å²) in [7, 11) is 0. The third-order valence-corrected chi connectivity index (χ3v) is 5.05. The lowest BCUT2D eigenvalue weighted by Crippen LogP contribution is -2.37. The van der Waals surface area contributed by atoms with E-state index >= 15 is 0 Å². The molecule has 2 heterocycles. The maximum atomic E-state index is 13.3. The molecule has 0 radical (unpaired) electrons. The molecule has 1 atom stereocenters. The monoisotopic (exact) mass is 329 g/mol. The Labute approximate surface area is 139 Å². The fourth-order valence-electron chi connectivity index (χ4n) is 3.79. The average Bonchev–Trinajstić information content (AvgIpc) is 3.22. The van der Waals surface area contributed by atoms with E-state index in [1.165, 1.54) is 31.4 Å². The quantitative estimate of drug-likeness (QED) is 0.864. The van der Waals surface area contributed by atoms with Crippen molar-refractivity contribution in [3.05, 3.63) is 35.9 Å². The SMILES string of the molecule is O=C1CC(c2noc(-c3cccc(F)c3)n2)CN1C1CCCCC1. The van der Waals surface area contributed by atoms with E-state index in [1.54, 1.807) is 12.1 Å². The van der Waals surface area contributed by atoms with Crippen LogP contribution in [0.3, 0.4) is 0 Å². The smallest absolute Gasteiger partial charge is 0.258 e. The van der Waals surface area contributed by atoms with Gasteiger partial charge < -0.3 is 9.42 Å². The zero-order valence-corrected chi connectivity index (χ0v) is 13.4. The largest absolute Gasteiger partial charge is 0.339 e. The Morgan fingerprint density at radius 2 is 2.04 bits per heavy atom. The lowest BCUT2D eigenvalue weighted by molar-refractivity contribution is -0.130. The summed E-state index contributed by atoms with van der Waals surface area (Å²) in [6.07, 6.45) is 6.29. The van der Waals surface area contributed by atoms with Crippen molar-refractivity contribution in [2.75, 3.05) is 6.54 Å². The number of halogens is 1. The van der Waals surface area contributed by atoms with Crippen molar-refractivity contribution in [1.82, 2.24) is 15.0 Å². The maximum Gasteiger partial charge on any atom is 0.258 e. The highest BCUT2D eigenvalue weighted by molar-refractivity contribution is 5.80. The number of rotatable bonds is 3. The Morgan fingerprint density at radius 3 is 2.83 bits per heavy atom. The van der Waals surface area contributed by atoms with Gasteiger partial charge in [0.15, 0.2) is 5.82 Å². The van der Waals surface area contributed by atoms with Crippen LogP contribution in [0.2, 0.25) is 0 Å². The molecule has 1 unspecified atom stereocenters. The van der Waals surface area contributed by atoms with Gasteiger partial charge in [0.1, 0.15) is 5.82 Å². The molecule has 24 heavy (non-hydrogen) atoms. The second-order valence-corrected chi connectivity index (χ2v) is 6.71. The molecule has 2 aliphatic rings. The molecule has 1 aliphatic carbocycles. The van der Waals surface area contributed by atoms with Crippen LogP contribution in [0, 0.1) is 5.82 Å². The number of hydrogen-bond acceptors (Lipinski definition) is 4. The lowest BCUT2D eigenvalue weighted by atomic mass is 9.94. The summed E-state index contributed by atoms with van der Waals surface area (Å²) >= 11 is 0. The second kappa shape index (κ2) is 6.34. The van der Waals surface area contributed by atoms with Crippen LogP contribution in [-0.2, 0) is 4.79 Å². The number of likely N-dealkylation sites (tertiary alicyclic amines) is 1. The maximum absolute atomic E-state index is 13.3. The Kier molecular flexibility index (Phi) is 4.04. The van der Waals surface area contributed by atoms with E-state index in [9.17, 15) is 9.18 Å². The van der Waals surface area contributed by atoms with Gasteiger partial charge in [-0.3, -0.25) is 4.79 Å². The summed E-state index contributed by atoms with van der Waals surface area (Å²) < 4.78 is 18.6. The van der Waals surface area contributed by atoms with Crippen LogP contribution >= 0.6 is 0 Å². The van der Waals surface area contributed by atoms with Crippen LogP contribution in [0.1, 0.15) is 50.3 Å². The Balaban J connectivity index is 1.50. The van der Waals surface area contributed by atoms with Gasteiger partial charge in [-0.25, -0.2) is 4.39 Å². The molecule has 1 saturated heterocycles. The fourth-order valence-corrected chi connectivity index (χ4v) is 3.79. The van der Waals surface area contributed by atoms with Gasteiger partial charge in [0.2, 0.25) is 5.91 Å². The van der Waals surface area contributed by atoms with Crippen molar-refractivity contribution in [3.8, 4) is 11.5 Å². The van der Waals surface area contributed by atoms with E-state index in [0.29, 0.717) is 36.3 Å². The normalized spacial score (nSPS) is 22.3. The van der Waals surface area contributed by atoms with Crippen LogP contribution in [-0.4, -0.2) is 33.5 Å². The van der Waals surface area contributed by atoms with E-state index < -0.39 is 0 Å². The topological polar surface area (TPSA) is 59.2 Å². The van der Waals surface area contributed by atoms with Crippen molar-refractivity contribution in [2.45, 2.75) is 50.5 Å². The summed E-state index contributed by atoms with van der Waals surface area (Å²) in [5.41, 5.74) is 0.558. The Bertz CT molecular complexity index is 739. The van der Waals surface area contributed by atoms with Crippen molar-refractivity contribution >= 4 is 5.91 Å². The summed E-state index contributed by atoms with van der Waals surface area (Å²) in [5, 5.41) is 4.03. The van der Waals surface area contributed by atoms with Crippen LogP contribution in [0.25, 0.3) is 11.5 Å². The number of carbonyl (C=O) groups excluding carboxylic acids is 1. The molecule has 1 aromatic heterocycles. The highest BCUT2D eigenvalue weighted by Gasteiger charge is 2.37. The summed E-state index contributed by atoms with van der Waals surface area (Å²) in [6.45, 7) is 0.658. The molecule has 2 aromatic rings. The summed E-state index contributed by atoms with van der Waals surface area (Å²) in [4.78, 5) is 18.8. The molecule has 4 rings (SSSR count). The molecule has 2 fully saturated rings. The fraction of sp³-hybridized carbons (Fsp3) is 0.500. The molecule has 1 aliphatic heterocycles. The van der Waals surface area contributed by atoms with E-state index in [4.69, 9.17) is 4.52 Å². The first-order chi connectivity index (χ1) is 11.7. The van der Waals surface area contributed by atoms with Crippen molar-refractivity contribution in [3.63, 3.8) is 0 Å². The molecule has 5 nitrogen and oxygen atoms in total. The van der Waals surface area contributed by atoms with E-state index in [1.807, 2.05) is 4.90 Å². The van der Waals surface area contributed by atoms with Gasteiger partial charge in [-0.05, 0) is 31.0 Å². The molecule has 6 heteroatoms. The molecule has 1 aromatic carbocycles. The number of carbonyl (C=O) groups is 1. The van der Waals surface area contributed by atoms with E-state index in [2.05, 4.69) is 10.1 Å². The molecular weight excluding hydrogens is 309 g/mol. The van der Waals surface area contributed by atoms with Gasteiger partial charge in [0, 0.05) is 30.5 Å². The minimum Gasteiger partial charge on any atom is -0.339 e. The van der Waals surface area contributed by atoms with Crippen LogP contribution in [0.15, 0.2) is 28.8 Å². The van der Waals surface area contributed by atoms with Gasteiger partial charge in [0.25, 0.3) is 5.89 Å². The van der Waals surface area contributed by atoms with E-state index in [0.717, 1.165) is 12.8 Å². The molecular formula is C18H20FN3O2. The van der Waals surface area contributed by atoms with Crippen LogP contribution in [0.5, 0.6) is 0 Å². The van der Waals surface area contributed by atoms with Crippen LogP contribution < -0.4 is 0 Å². The number of hydrogen-bond donors (Lipinski definition) is 0. The molecule has 126 valence electrons. The van der Waals surface area contributed by atoms with Gasteiger partial charge >= 0.3 is 0 Å². The zero-order valence-electron chi connectivity index (χ0n) is 13.4. The average molecular weight is 329 g/mol. The highest BCUT2D eigenvalue weighted by Crippen LogP contribution is 2.33. The predicted molar refractivity (Wildman–Crippen MR) is 85.6 cm³/mol. The Morgan fingerprint density at radius 1 is 1.21 bits per heavy atom. The van der Waals surface area contributed by atoms with Crippen molar-refractivity contribution in [1.29, 1.82) is 0 Å². The zero-order chi connectivity index (χ0) is 16.5. The number of nitrogens with zero attached hydrogens (tertiary/aromatic N) is 3. The standard InChI is InChI=1S/C18H20FN3O2/c19-14-6-4-5-12(9-14)18-20-17(21-24-18)13-10-16(23)22(11-13)15-7-2-1-3-8-15/h4-6,9,13,15H,1-3,7-8,10-11H2. The highest BCUT2D eigenvalue weighted by atomic mass is 19.1. The first-order valence-corrected chi connectivity index (χ1v) is 8.60. The first-order valence-electron chi connectivity index (χ1n) is 8.60. The van der Waals surface area contributed by atoms with Gasteiger partial charge in [-0.1, -0.05) is 30.5 Å². The summed E-state index contributed by atoms with van der Waals surface area (Å²) in [5.74, 6) is 0.648.